The van der Waals surface area contributed by atoms with E-state index in [-0.39, 0.29) is 18.3 Å². The topological polar surface area (TPSA) is 80.8 Å². The number of aromatic nitrogens is 1. The third-order valence-electron chi connectivity index (χ3n) is 5.09. The number of thiazole rings is 1. The number of hydrogen-bond donors (Lipinski definition) is 1. The van der Waals surface area contributed by atoms with Crippen LogP contribution in [0.4, 0.5) is 10.8 Å². The molecule has 1 saturated heterocycles. The molecule has 8 heteroatoms. The van der Waals surface area contributed by atoms with E-state index in [9.17, 15) is 9.59 Å². The lowest BCUT2D eigenvalue weighted by Crippen LogP contribution is -2.36. The van der Waals surface area contributed by atoms with E-state index in [2.05, 4.69) is 10.2 Å². The van der Waals surface area contributed by atoms with Crippen molar-refractivity contribution in [2.45, 2.75) is 12.5 Å². The number of carbonyl (C=O) groups excluding carboxylic acids is 2. The molecule has 1 amide bonds. The van der Waals surface area contributed by atoms with Gasteiger partial charge in [0.2, 0.25) is 5.91 Å². The molecule has 1 aromatic heterocycles. The molecule has 1 atom stereocenters. The van der Waals surface area contributed by atoms with Gasteiger partial charge in [0.05, 0.1) is 35.4 Å². The van der Waals surface area contributed by atoms with Crippen LogP contribution in [0.2, 0.25) is 0 Å². The van der Waals surface area contributed by atoms with Crippen molar-refractivity contribution in [3.05, 3.63) is 53.6 Å². The lowest BCUT2D eigenvalue weighted by atomic mass is 10.0. The fourth-order valence-electron chi connectivity index (χ4n) is 3.63. The molecule has 148 valence electrons. The van der Waals surface area contributed by atoms with Gasteiger partial charge in [-0.25, -0.2) is 9.78 Å². The normalized spacial score (nSPS) is 18.6. The SMILES string of the molecule is O=C(C[C@H]1OC(=O)c2ccccc21)Nc1ccc2nc(N3CCOCC3)sc2c1. The second-order valence-corrected chi connectivity index (χ2v) is 8.02. The summed E-state index contributed by atoms with van der Waals surface area (Å²) in [5.74, 6) is -0.572. The Morgan fingerprint density at radius 1 is 1.21 bits per heavy atom. The maximum absolute atomic E-state index is 12.5. The minimum Gasteiger partial charge on any atom is -0.453 e. The van der Waals surface area contributed by atoms with Crippen LogP contribution in [0.25, 0.3) is 10.2 Å². The lowest BCUT2D eigenvalue weighted by molar-refractivity contribution is -0.118. The molecule has 3 heterocycles. The molecule has 7 nitrogen and oxygen atoms in total. The van der Waals surface area contributed by atoms with Crippen molar-refractivity contribution in [1.82, 2.24) is 4.98 Å². The third-order valence-corrected chi connectivity index (χ3v) is 6.17. The summed E-state index contributed by atoms with van der Waals surface area (Å²) in [7, 11) is 0. The van der Waals surface area contributed by atoms with E-state index >= 15 is 0 Å². The van der Waals surface area contributed by atoms with Crippen molar-refractivity contribution in [3.63, 3.8) is 0 Å². The molecule has 2 aliphatic rings. The molecule has 1 N–H and O–H groups in total. The number of hydrogen-bond acceptors (Lipinski definition) is 7. The van der Waals surface area contributed by atoms with Crippen LogP contribution in [0.15, 0.2) is 42.5 Å². The largest absolute Gasteiger partial charge is 0.453 e. The van der Waals surface area contributed by atoms with Gasteiger partial charge in [0, 0.05) is 24.3 Å². The van der Waals surface area contributed by atoms with Crippen LogP contribution in [-0.4, -0.2) is 43.2 Å². The Hall–Kier alpha value is -2.97. The van der Waals surface area contributed by atoms with Gasteiger partial charge >= 0.3 is 5.97 Å². The summed E-state index contributed by atoms with van der Waals surface area (Å²) in [6, 6.07) is 12.9. The van der Waals surface area contributed by atoms with E-state index in [1.54, 1.807) is 23.5 Å². The summed E-state index contributed by atoms with van der Waals surface area (Å²) in [4.78, 5) is 31.4. The van der Waals surface area contributed by atoms with E-state index in [0.717, 1.165) is 34.0 Å². The molecule has 0 unspecified atom stereocenters. The minimum atomic E-state index is -0.543. The number of benzene rings is 2. The Bertz CT molecular complexity index is 1090. The van der Waals surface area contributed by atoms with Gasteiger partial charge in [-0.2, -0.15) is 0 Å². The zero-order valence-corrected chi connectivity index (χ0v) is 16.4. The highest BCUT2D eigenvalue weighted by molar-refractivity contribution is 7.22. The predicted octanol–water partition coefficient (Wildman–Crippen LogP) is 3.37. The number of amides is 1. The molecule has 0 saturated carbocycles. The van der Waals surface area contributed by atoms with Crippen molar-refractivity contribution in [2.75, 3.05) is 36.5 Å². The molecule has 1 fully saturated rings. The highest BCUT2D eigenvalue weighted by Gasteiger charge is 2.32. The van der Waals surface area contributed by atoms with Crippen LogP contribution in [0.3, 0.4) is 0 Å². The summed E-state index contributed by atoms with van der Waals surface area (Å²) in [5.41, 5.74) is 2.91. The van der Waals surface area contributed by atoms with Gasteiger partial charge in [-0.1, -0.05) is 29.5 Å². The number of anilines is 2. The Morgan fingerprint density at radius 2 is 2.03 bits per heavy atom. The van der Waals surface area contributed by atoms with Gasteiger partial charge in [0.15, 0.2) is 5.13 Å². The number of esters is 1. The van der Waals surface area contributed by atoms with Crippen LogP contribution < -0.4 is 10.2 Å². The zero-order valence-electron chi connectivity index (χ0n) is 15.6. The molecule has 2 aromatic carbocycles. The smallest absolute Gasteiger partial charge is 0.339 e. The fraction of sp³-hybridized carbons (Fsp3) is 0.286. The Kier molecular flexibility index (Phi) is 4.65. The first-order chi connectivity index (χ1) is 14.2. The van der Waals surface area contributed by atoms with E-state index < -0.39 is 6.10 Å². The van der Waals surface area contributed by atoms with Crippen LogP contribution in [0, 0.1) is 0 Å². The standard InChI is InChI=1S/C21H19N3O4S/c25-19(12-17-14-3-1-2-4-15(14)20(26)28-17)22-13-5-6-16-18(11-13)29-21(23-16)24-7-9-27-10-8-24/h1-6,11,17H,7-10,12H2,(H,22,25)/t17-/m1/s1. The number of fused-ring (bicyclic) bond motifs is 2. The first-order valence-corrected chi connectivity index (χ1v) is 10.3. The van der Waals surface area contributed by atoms with Crippen molar-refractivity contribution >= 4 is 44.2 Å². The average Bonchev–Trinajstić information content (AvgIpc) is 3.30. The van der Waals surface area contributed by atoms with Crippen LogP contribution in [-0.2, 0) is 14.3 Å². The molecule has 0 bridgehead atoms. The number of carbonyl (C=O) groups is 2. The maximum atomic E-state index is 12.5. The first kappa shape index (κ1) is 18.1. The lowest BCUT2D eigenvalue weighted by Gasteiger charge is -2.25. The Labute approximate surface area is 171 Å². The molecule has 0 aliphatic carbocycles. The van der Waals surface area contributed by atoms with Crippen LogP contribution in [0.5, 0.6) is 0 Å². The van der Waals surface area contributed by atoms with Gasteiger partial charge in [0.25, 0.3) is 0 Å². The van der Waals surface area contributed by atoms with Crippen LogP contribution >= 0.6 is 11.3 Å². The highest BCUT2D eigenvalue weighted by atomic mass is 32.1. The molecular weight excluding hydrogens is 390 g/mol. The minimum absolute atomic E-state index is 0.0858. The van der Waals surface area contributed by atoms with Gasteiger partial charge < -0.3 is 19.7 Å². The number of morpholine rings is 1. The summed E-state index contributed by atoms with van der Waals surface area (Å²) >= 11 is 1.61. The molecule has 29 heavy (non-hydrogen) atoms. The summed E-state index contributed by atoms with van der Waals surface area (Å²) in [6.07, 6.45) is -0.457. The quantitative estimate of drug-likeness (QED) is 0.666. The van der Waals surface area contributed by atoms with Crippen molar-refractivity contribution in [1.29, 1.82) is 0 Å². The third kappa shape index (κ3) is 3.56. The van der Waals surface area contributed by atoms with E-state index in [1.165, 1.54) is 0 Å². The molecule has 5 rings (SSSR count). The number of cyclic esters (lactones) is 1. The van der Waals surface area contributed by atoms with Crippen molar-refractivity contribution in [2.24, 2.45) is 0 Å². The predicted molar refractivity (Wildman–Crippen MR) is 110 cm³/mol. The van der Waals surface area contributed by atoms with Crippen molar-refractivity contribution < 1.29 is 19.1 Å². The van der Waals surface area contributed by atoms with E-state index in [0.29, 0.717) is 24.5 Å². The summed E-state index contributed by atoms with van der Waals surface area (Å²) in [5, 5.41) is 3.88. The van der Waals surface area contributed by atoms with Gasteiger partial charge in [-0.05, 0) is 24.3 Å². The van der Waals surface area contributed by atoms with Crippen LogP contribution in [0.1, 0.15) is 28.4 Å². The monoisotopic (exact) mass is 409 g/mol. The zero-order chi connectivity index (χ0) is 19.8. The summed E-state index contributed by atoms with van der Waals surface area (Å²) < 4.78 is 11.8. The van der Waals surface area contributed by atoms with Gasteiger partial charge in [-0.3, -0.25) is 4.79 Å². The number of nitrogens with one attached hydrogen (secondary N) is 1. The number of rotatable bonds is 4. The first-order valence-electron chi connectivity index (χ1n) is 9.50. The second kappa shape index (κ2) is 7.46. The van der Waals surface area contributed by atoms with Gasteiger partial charge in [0.1, 0.15) is 6.10 Å². The van der Waals surface area contributed by atoms with E-state index in [4.69, 9.17) is 14.5 Å². The average molecular weight is 409 g/mol. The number of ether oxygens (including phenoxy) is 2. The number of nitrogens with zero attached hydrogens (tertiary/aromatic N) is 2. The highest BCUT2D eigenvalue weighted by Crippen LogP contribution is 2.34. The molecular formula is C21H19N3O4S. The second-order valence-electron chi connectivity index (χ2n) is 7.01. The van der Waals surface area contributed by atoms with E-state index in [1.807, 2.05) is 30.3 Å². The van der Waals surface area contributed by atoms with Gasteiger partial charge in [-0.15, -0.1) is 0 Å². The molecule has 0 radical (unpaired) electrons. The maximum Gasteiger partial charge on any atom is 0.339 e. The summed E-state index contributed by atoms with van der Waals surface area (Å²) in [6.45, 7) is 3.11. The fourth-order valence-corrected chi connectivity index (χ4v) is 4.69. The Morgan fingerprint density at radius 3 is 2.90 bits per heavy atom. The molecule has 2 aliphatic heterocycles. The Balaban J connectivity index is 1.29. The molecule has 0 spiro atoms. The molecule has 3 aromatic rings. The van der Waals surface area contributed by atoms with Crippen molar-refractivity contribution in [3.8, 4) is 0 Å².